The summed E-state index contributed by atoms with van der Waals surface area (Å²) in [6.07, 6.45) is 12.9. The lowest BCUT2D eigenvalue weighted by molar-refractivity contribution is 0.788. The minimum atomic E-state index is 0.0135. The van der Waals surface area contributed by atoms with E-state index in [1.54, 1.807) is 0 Å². The van der Waals surface area contributed by atoms with Crippen molar-refractivity contribution < 1.29 is 0 Å². The lowest BCUT2D eigenvalue weighted by Crippen LogP contribution is -2.12. The standard InChI is InChI=1S/C27H22N4/c1-2-21-14-23(9-10-24(21)28-13-1)27(11-12-27)25-16-30-26-29-15-22(17-31(25)26)20-7-5-19(6-8-20)18-3-4-18/h1-2,5-10,13-18H,3-4,11-12H2. The van der Waals surface area contributed by atoms with Gasteiger partial charge in [0.2, 0.25) is 5.78 Å². The molecule has 3 heterocycles. The second-order valence-corrected chi connectivity index (χ2v) is 9.05. The van der Waals surface area contributed by atoms with Crippen LogP contribution in [0.4, 0.5) is 0 Å². The number of rotatable bonds is 4. The van der Waals surface area contributed by atoms with Crippen LogP contribution in [0, 0.1) is 0 Å². The molecule has 31 heavy (non-hydrogen) atoms. The maximum Gasteiger partial charge on any atom is 0.233 e. The van der Waals surface area contributed by atoms with E-state index in [2.05, 4.69) is 74.1 Å². The van der Waals surface area contributed by atoms with Gasteiger partial charge in [0.05, 0.1) is 17.4 Å². The molecule has 2 saturated carbocycles. The maximum absolute atomic E-state index is 4.67. The Hall–Kier alpha value is -3.53. The van der Waals surface area contributed by atoms with Gasteiger partial charge < -0.3 is 0 Å². The Balaban J connectivity index is 1.32. The van der Waals surface area contributed by atoms with Gasteiger partial charge in [-0.3, -0.25) is 9.38 Å². The normalized spacial score (nSPS) is 17.3. The molecule has 5 aromatic rings. The number of hydrogen-bond donors (Lipinski definition) is 0. The number of hydrogen-bond acceptors (Lipinski definition) is 3. The van der Waals surface area contributed by atoms with Crippen LogP contribution in [-0.4, -0.2) is 19.4 Å². The third kappa shape index (κ3) is 2.71. The van der Waals surface area contributed by atoms with Gasteiger partial charge in [0, 0.05) is 35.0 Å². The molecule has 0 radical (unpaired) electrons. The van der Waals surface area contributed by atoms with Crippen LogP contribution < -0.4 is 0 Å². The Morgan fingerprint density at radius 1 is 0.839 bits per heavy atom. The van der Waals surface area contributed by atoms with Crippen molar-refractivity contribution in [2.24, 2.45) is 0 Å². The molecule has 0 unspecified atom stereocenters. The smallest absolute Gasteiger partial charge is 0.233 e. The topological polar surface area (TPSA) is 43.1 Å². The van der Waals surface area contributed by atoms with E-state index in [0.717, 1.165) is 35.6 Å². The average molecular weight is 403 g/mol. The van der Waals surface area contributed by atoms with Crippen molar-refractivity contribution in [3.05, 3.63) is 96.2 Å². The summed E-state index contributed by atoms with van der Waals surface area (Å²) in [6, 6.07) is 19.8. The second kappa shape index (κ2) is 6.24. The third-order valence-corrected chi connectivity index (χ3v) is 7.05. The Morgan fingerprint density at radius 3 is 2.48 bits per heavy atom. The minimum absolute atomic E-state index is 0.0135. The number of benzene rings is 2. The molecule has 0 bridgehead atoms. The number of pyridine rings is 1. The molecule has 0 amide bonds. The molecule has 2 aliphatic rings. The summed E-state index contributed by atoms with van der Waals surface area (Å²) in [4.78, 5) is 13.8. The van der Waals surface area contributed by atoms with Crippen LogP contribution in [0.2, 0.25) is 0 Å². The SMILES string of the molecule is c1cnc2ccc(C3(c4cnc5ncc(-c6ccc(C7CC7)cc6)cn45)CC3)cc2c1. The van der Waals surface area contributed by atoms with Crippen LogP contribution in [0.5, 0.6) is 0 Å². The molecule has 0 atom stereocenters. The largest absolute Gasteiger partial charge is 0.287 e. The fourth-order valence-corrected chi connectivity index (χ4v) is 4.93. The van der Waals surface area contributed by atoms with Crippen LogP contribution >= 0.6 is 0 Å². The second-order valence-electron chi connectivity index (χ2n) is 9.05. The summed E-state index contributed by atoms with van der Waals surface area (Å²) in [6.45, 7) is 0. The fraction of sp³-hybridized carbons (Fsp3) is 0.222. The van der Waals surface area contributed by atoms with Crippen LogP contribution in [0.25, 0.3) is 27.8 Å². The van der Waals surface area contributed by atoms with Crippen molar-refractivity contribution in [1.29, 1.82) is 0 Å². The molecule has 3 aromatic heterocycles. The molecule has 0 spiro atoms. The first kappa shape index (κ1) is 17.2. The number of nitrogens with zero attached hydrogens (tertiary/aromatic N) is 4. The minimum Gasteiger partial charge on any atom is -0.287 e. The summed E-state index contributed by atoms with van der Waals surface area (Å²) in [5.41, 5.74) is 7.43. The Kier molecular flexibility index (Phi) is 3.46. The van der Waals surface area contributed by atoms with E-state index in [1.165, 1.54) is 40.6 Å². The molecule has 7 rings (SSSR count). The number of aromatic nitrogens is 4. The van der Waals surface area contributed by atoms with Crippen LogP contribution in [-0.2, 0) is 5.41 Å². The predicted molar refractivity (Wildman–Crippen MR) is 122 cm³/mol. The van der Waals surface area contributed by atoms with Crippen molar-refractivity contribution in [3.63, 3.8) is 0 Å². The highest BCUT2D eigenvalue weighted by Gasteiger charge is 2.48. The van der Waals surface area contributed by atoms with Gasteiger partial charge in [0.25, 0.3) is 0 Å². The van der Waals surface area contributed by atoms with Gasteiger partial charge in [0.15, 0.2) is 0 Å². The van der Waals surface area contributed by atoms with E-state index < -0.39 is 0 Å². The molecule has 4 heteroatoms. The molecule has 0 N–H and O–H groups in total. The monoisotopic (exact) mass is 402 g/mol. The first-order valence-electron chi connectivity index (χ1n) is 11.1. The van der Waals surface area contributed by atoms with Crippen molar-refractivity contribution >= 4 is 16.7 Å². The van der Waals surface area contributed by atoms with Crippen LogP contribution in [0.1, 0.15) is 48.4 Å². The van der Waals surface area contributed by atoms with E-state index in [0.29, 0.717) is 0 Å². The molecule has 0 aliphatic heterocycles. The van der Waals surface area contributed by atoms with Crippen LogP contribution in [0.3, 0.4) is 0 Å². The van der Waals surface area contributed by atoms with E-state index in [1.807, 2.05) is 24.7 Å². The maximum atomic E-state index is 4.67. The highest BCUT2D eigenvalue weighted by molar-refractivity contribution is 5.79. The zero-order valence-electron chi connectivity index (χ0n) is 17.2. The van der Waals surface area contributed by atoms with Gasteiger partial charge in [-0.15, -0.1) is 0 Å². The first-order valence-corrected chi connectivity index (χ1v) is 11.1. The third-order valence-electron chi connectivity index (χ3n) is 7.05. The molecule has 2 aromatic carbocycles. The van der Waals surface area contributed by atoms with Gasteiger partial charge in [-0.1, -0.05) is 36.4 Å². The molecule has 2 fully saturated rings. The number of fused-ring (bicyclic) bond motifs is 2. The van der Waals surface area contributed by atoms with Crippen molar-refractivity contribution in [3.8, 4) is 11.1 Å². The molecular weight excluding hydrogens is 380 g/mol. The summed E-state index contributed by atoms with van der Waals surface area (Å²) in [5, 5.41) is 1.19. The van der Waals surface area contributed by atoms with Gasteiger partial charge in [-0.05, 0) is 66.5 Å². The highest BCUT2D eigenvalue weighted by Crippen LogP contribution is 2.53. The Labute approximate surface area is 180 Å². The molecular formula is C27H22N4. The average Bonchev–Trinajstić information content (AvgIpc) is 3.76. The zero-order valence-corrected chi connectivity index (χ0v) is 17.2. The molecule has 150 valence electrons. The molecule has 2 aliphatic carbocycles. The summed E-state index contributed by atoms with van der Waals surface area (Å²) in [5.74, 6) is 1.55. The quantitative estimate of drug-likeness (QED) is 0.376. The van der Waals surface area contributed by atoms with E-state index in [9.17, 15) is 0 Å². The van der Waals surface area contributed by atoms with Crippen molar-refractivity contribution in [2.45, 2.75) is 37.0 Å². The predicted octanol–water partition coefficient (Wildman–Crippen LogP) is 5.90. The lowest BCUT2D eigenvalue weighted by Gasteiger charge is -2.16. The Morgan fingerprint density at radius 2 is 1.68 bits per heavy atom. The summed E-state index contributed by atoms with van der Waals surface area (Å²) in [7, 11) is 0. The van der Waals surface area contributed by atoms with Crippen molar-refractivity contribution in [1.82, 2.24) is 19.4 Å². The highest BCUT2D eigenvalue weighted by atomic mass is 15.1. The van der Waals surface area contributed by atoms with Crippen LogP contribution in [0.15, 0.2) is 79.4 Å². The molecule has 4 nitrogen and oxygen atoms in total. The van der Waals surface area contributed by atoms with E-state index in [-0.39, 0.29) is 5.41 Å². The Bertz CT molecular complexity index is 1440. The molecule has 0 saturated heterocycles. The van der Waals surface area contributed by atoms with Gasteiger partial charge in [-0.25, -0.2) is 9.97 Å². The van der Waals surface area contributed by atoms with Crippen molar-refractivity contribution in [2.75, 3.05) is 0 Å². The lowest BCUT2D eigenvalue weighted by atomic mass is 9.91. The zero-order chi connectivity index (χ0) is 20.4. The fourth-order valence-electron chi connectivity index (χ4n) is 4.93. The van der Waals surface area contributed by atoms with Gasteiger partial charge in [-0.2, -0.15) is 0 Å². The van der Waals surface area contributed by atoms with E-state index in [4.69, 9.17) is 0 Å². The van der Waals surface area contributed by atoms with Gasteiger partial charge in [0.1, 0.15) is 0 Å². The summed E-state index contributed by atoms with van der Waals surface area (Å²) >= 11 is 0. The first-order chi connectivity index (χ1) is 15.3. The van der Waals surface area contributed by atoms with Gasteiger partial charge >= 0.3 is 0 Å². The summed E-state index contributed by atoms with van der Waals surface area (Å²) < 4.78 is 2.20. The van der Waals surface area contributed by atoms with E-state index >= 15 is 0 Å². The number of imidazole rings is 1.